The number of hydrogen-bond acceptors (Lipinski definition) is 3. The fraction of sp³-hybridized carbons (Fsp3) is 0. The van der Waals surface area contributed by atoms with Crippen molar-refractivity contribution in [2.45, 2.75) is 9.79 Å². The summed E-state index contributed by atoms with van der Waals surface area (Å²) < 4.78 is 13.3. The number of halogens is 1. The monoisotopic (exact) mass is 371 g/mol. The van der Waals surface area contributed by atoms with Gasteiger partial charge in [0, 0.05) is 9.79 Å². The van der Waals surface area contributed by atoms with E-state index in [1.165, 1.54) is 17.0 Å². The van der Waals surface area contributed by atoms with Crippen molar-refractivity contribution < 1.29 is 4.39 Å². The lowest BCUT2D eigenvalue weighted by Gasteiger charge is -2.02. The van der Waals surface area contributed by atoms with E-state index < -0.39 is 0 Å². The highest BCUT2D eigenvalue weighted by Gasteiger charge is 2.09. The molecule has 0 aliphatic heterocycles. The molecule has 0 aliphatic rings. The average molecular weight is 371 g/mol. The highest BCUT2D eigenvalue weighted by Crippen LogP contribution is 2.28. The highest BCUT2D eigenvalue weighted by atomic mass is 32.2. The van der Waals surface area contributed by atoms with Crippen molar-refractivity contribution in [2.75, 3.05) is 0 Å². The number of aromatic amines is 1. The van der Waals surface area contributed by atoms with E-state index in [1.807, 2.05) is 42.5 Å². The van der Waals surface area contributed by atoms with E-state index in [9.17, 15) is 9.65 Å². The zero-order chi connectivity index (χ0) is 18.6. The minimum atomic E-state index is -0.341. The first kappa shape index (κ1) is 17.1. The highest BCUT2D eigenvalue weighted by molar-refractivity contribution is 7.99. The van der Waals surface area contributed by atoms with Crippen LogP contribution < -0.4 is 0 Å². The lowest BCUT2D eigenvalue weighted by molar-refractivity contribution is 0.629. The van der Waals surface area contributed by atoms with Gasteiger partial charge in [-0.05, 0) is 54.1 Å². The van der Waals surface area contributed by atoms with Crippen LogP contribution in [0.4, 0.5) is 4.39 Å². The molecule has 1 N–H and O–H groups in total. The predicted molar refractivity (Wildman–Crippen MR) is 107 cm³/mol. The summed E-state index contributed by atoms with van der Waals surface area (Å²) in [5.41, 5.74) is 2.49. The van der Waals surface area contributed by atoms with Crippen LogP contribution in [-0.2, 0) is 0 Å². The van der Waals surface area contributed by atoms with Crippen LogP contribution in [0.1, 0.15) is 11.4 Å². The van der Waals surface area contributed by atoms with E-state index in [4.69, 9.17) is 0 Å². The van der Waals surface area contributed by atoms with Gasteiger partial charge in [0.1, 0.15) is 17.7 Å². The van der Waals surface area contributed by atoms with E-state index >= 15 is 0 Å². The molecule has 5 heteroatoms. The minimum absolute atomic E-state index is 0.341. The van der Waals surface area contributed by atoms with Crippen molar-refractivity contribution in [3.8, 4) is 6.07 Å². The van der Waals surface area contributed by atoms with Gasteiger partial charge in [-0.2, -0.15) is 5.26 Å². The van der Waals surface area contributed by atoms with Crippen LogP contribution in [0.25, 0.3) is 22.7 Å². The number of allylic oxidation sites excluding steroid dienone is 1. The van der Waals surface area contributed by atoms with Gasteiger partial charge in [0.25, 0.3) is 0 Å². The minimum Gasteiger partial charge on any atom is -0.337 e. The molecule has 0 atom stereocenters. The average Bonchev–Trinajstić information content (AvgIpc) is 3.11. The van der Waals surface area contributed by atoms with Crippen LogP contribution in [0, 0.1) is 17.1 Å². The number of fused-ring (bicyclic) bond motifs is 1. The van der Waals surface area contributed by atoms with Gasteiger partial charge in [-0.15, -0.1) is 0 Å². The molecule has 1 heterocycles. The van der Waals surface area contributed by atoms with Crippen molar-refractivity contribution in [1.29, 1.82) is 5.26 Å². The first-order valence-electron chi connectivity index (χ1n) is 8.32. The lowest BCUT2D eigenvalue weighted by Crippen LogP contribution is -1.85. The number of H-pyrrole nitrogens is 1. The summed E-state index contributed by atoms with van der Waals surface area (Å²) >= 11 is 1.68. The van der Waals surface area contributed by atoms with Crippen molar-refractivity contribution in [2.24, 2.45) is 0 Å². The molecule has 27 heavy (non-hydrogen) atoms. The number of nitrogens with one attached hydrogen (secondary N) is 1. The molecule has 0 spiro atoms. The Kier molecular flexibility index (Phi) is 4.73. The van der Waals surface area contributed by atoms with Gasteiger partial charge >= 0.3 is 0 Å². The molecule has 130 valence electrons. The van der Waals surface area contributed by atoms with Crippen LogP contribution in [-0.4, -0.2) is 9.97 Å². The van der Waals surface area contributed by atoms with Crippen molar-refractivity contribution in [3.05, 3.63) is 90.0 Å². The quantitative estimate of drug-likeness (QED) is 0.453. The number of nitrogens with zero attached hydrogens (tertiary/aromatic N) is 2. The number of aromatic nitrogens is 2. The zero-order valence-corrected chi connectivity index (χ0v) is 15.0. The Bertz CT molecular complexity index is 1160. The Morgan fingerprint density at radius 3 is 2.48 bits per heavy atom. The predicted octanol–water partition coefficient (Wildman–Crippen LogP) is 5.92. The molecule has 0 aliphatic carbocycles. The summed E-state index contributed by atoms with van der Waals surface area (Å²) in [6.45, 7) is 0. The third kappa shape index (κ3) is 3.91. The Morgan fingerprint density at radius 1 is 1.00 bits per heavy atom. The molecule has 1 aromatic heterocycles. The van der Waals surface area contributed by atoms with Crippen LogP contribution in [0.15, 0.2) is 82.6 Å². The number of nitriles is 1. The standard InChI is InChI=1S/C22H14FN3S/c23-17-8-11-20-21(13-17)26-22(25-20)16(14-24)12-15-6-9-19(10-7-15)27-18-4-2-1-3-5-18/h1-13H,(H,25,26)/b16-12-. The summed E-state index contributed by atoms with van der Waals surface area (Å²) in [6.07, 6.45) is 1.77. The summed E-state index contributed by atoms with van der Waals surface area (Å²) in [5.74, 6) is 0.0903. The maximum Gasteiger partial charge on any atom is 0.149 e. The van der Waals surface area contributed by atoms with Gasteiger partial charge in [-0.25, -0.2) is 9.37 Å². The van der Waals surface area contributed by atoms with Crippen LogP contribution in [0.3, 0.4) is 0 Å². The van der Waals surface area contributed by atoms with Gasteiger partial charge in [0.2, 0.25) is 0 Å². The molecule has 3 aromatic carbocycles. The summed E-state index contributed by atoms with van der Waals surface area (Å²) in [4.78, 5) is 9.68. The molecular weight excluding hydrogens is 357 g/mol. The van der Waals surface area contributed by atoms with E-state index in [2.05, 4.69) is 28.2 Å². The fourth-order valence-electron chi connectivity index (χ4n) is 2.69. The normalized spacial score (nSPS) is 11.5. The van der Waals surface area contributed by atoms with E-state index in [0.29, 0.717) is 22.4 Å². The molecule has 0 saturated carbocycles. The molecule has 0 saturated heterocycles. The summed E-state index contributed by atoms with van der Waals surface area (Å²) in [5, 5.41) is 9.51. The number of hydrogen-bond donors (Lipinski definition) is 1. The van der Waals surface area contributed by atoms with Gasteiger partial charge in [0.15, 0.2) is 0 Å². The molecule has 4 rings (SSSR count). The van der Waals surface area contributed by atoms with Crippen molar-refractivity contribution in [3.63, 3.8) is 0 Å². The molecule has 4 aromatic rings. The first-order valence-corrected chi connectivity index (χ1v) is 9.13. The molecular formula is C22H14FN3S. The lowest BCUT2D eigenvalue weighted by atomic mass is 10.1. The summed E-state index contributed by atoms with van der Waals surface area (Å²) in [7, 11) is 0. The fourth-order valence-corrected chi connectivity index (χ4v) is 3.52. The third-order valence-corrected chi connectivity index (χ3v) is 5.01. The zero-order valence-electron chi connectivity index (χ0n) is 14.2. The molecule has 0 radical (unpaired) electrons. The number of benzene rings is 3. The van der Waals surface area contributed by atoms with E-state index in [1.54, 1.807) is 23.9 Å². The summed E-state index contributed by atoms with van der Waals surface area (Å²) in [6, 6.07) is 24.6. The SMILES string of the molecule is N#C/C(=C/c1ccc(Sc2ccccc2)cc1)c1nc2ccc(F)cc2[nH]1. The third-order valence-electron chi connectivity index (χ3n) is 3.99. The molecule has 0 amide bonds. The molecule has 0 unspecified atom stereocenters. The maximum absolute atomic E-state index is 13.3. The maximum atomic E-state index is 13.3. The van der Waals surface area contributed by atoms with E-state index in [0.717, 1.165) is 10.5 Å². The second-order valence-corrected chi connectivity index (χ2v) is 7.05. The van der Waals surface area contributed by atoms with Crippen molar-refractivity contribution >= 4 is 34.4 Å². The topological polar surface area (TPSA) is 52.5 Å². The Labute approximate surface area is 160 Å². The van der Waals surface area contributed by atoms with E-state index in [-0.39, 0.29) is 5.82 Å². The molecule has 0 bridgehead atoms. The largest absolute Gasteiger partial charge is 0.337 e. The molecule has 3 nitrogen and oxygen atoms in total. The first-order chi connectivity index (χ1) is 13.2. The number of imidazole rings is 1. The van der Waals surface area contributed by atoms with Crippen LogP contribution in [0.5, 0.6) is 0 Å². The molecule has 0 fully saturated rings. The number of rotatable bonds is 4. The smallest absolute Gasteiger partial charge is 0.149 e. The van der Waals surface area contributed by atoms with Crippen LogP contribution >= 0.6 is 11.8 Å². The van der Waals surface area contributed by atoms with Gasteiger partial charge in [-0.1, -0.05) is 42.1 Å². The van der Waals surface area contributed by atoms with Crippen LogP contribution in [0.2, 0.25) is 0 Å². The Balaban J connectivity index is 1.59. The van der Waals surface area contributed by atoms with Gasteiger partial charge in [0.05, 0.1) is 16.6 Å². The van der Waals surface area contributed by atoms with Crippen molar-refractivity contribution in [1.82, 2.24) is 9.97 Å². The Hall–Kier alpha value is -3.36. The van der Waals surface area contributed by atoms with Gasteiger partial charge < -0.3 is 4.98 Å². The Morgan fingerprint density at radius 2 is 1.74 bits per heavy atom. The second kappa shape index (κ2) is 7.48. The second-order valence-electron chi connectivity index (χ2n) is 5.90. The van der Waals surface area contributed by atoms with Gasteiger partial charge in [-0.3, -0.25) is 0 Å².